The molecule has 9 heteroatoms. The van der Waals surface area contributed by atoms with Gasteiger partial charge in [-0.3, -0.25) is 4.79 Å². The second-order valence-electron chi connectivity index (χ2n) is 4.78. The van der Waals surface area contributed by atoms with Crippen LogP contribution in [0, 0.1) is 0 Å². The largest absolute Gasteiger partial charge is 0.417 e. The zero-order chi connectivity index (χ0) is 17.2. The first-order chi connectivity index (χ1) is 10.8. The summed E-state index contributed by atoms with van der Waals surface area (Å²) < 4.78 is 40.5. The monoisotopic (exact) mass is 345 g/mol. The van der Waals surface area contributed by atoms with Gasteiger partial charge in [-0.2, -0.15) is 13.2 Å². The highest BCUT2D eigenvalue weighted by molar-refractivity contribution is 8.00. The first-order valence-corrected chi connectivity index (χ1v) is 7.50. The number of hydrogen-bond acceptors (Lipinski definition) is 5. The molecule has 0 saturated heterocycles. The van der Waals surface area contributed by atoms with Crippen LogP contribution in [0.3, 0.4) is 0 Å². The van der Waals surface area contributed by atoms with E-state index in [1.807, 2.05) is 0 Å². The number of thioether (sulfide) groups is 1. The Morgan fingerprint density at radius 2 is 2.00 bits per heavy atom. The van der Waals surface area contributed by atoms with Crippen LogP contribution in [0.5, 0.6) is 0 Å². The van der Waals surface area contributed by atoms with E-state index in [1.165, 1.54) is 23.6 Å². The number of aliphatic hydroxyl groups is 1. The SMILES string of the molecule is C[C@@H](Sc1nnc(CO)n1C)C(=O)c1ccccc1C(F)(F)F. The molecule has 124 valence electrons. The van der Waals surface area contributed by atoms with Gasteiger partial charge < -0.3 is 9.67 Å². The fourth-order valence-corrected chi connectivity index (χ4v) is 2.86. The number of Topliss-reactive ketones (excluding diaryl/α,β-unsaturated/α-hetero) is 1. The molecule has 0 unspecified atom stereocenters. The Kier molecular flexibility index (Phi) is 5.10. The molecule has 1 atom stereocenters. The fourth-order valence-electron chi connectivity index (χ4n) is 1.96. The number of carbonyl (C=O) groups is 1. The molecule has 0 saturated carbocycles. The Labute approximate surface area is 134 Å². The molecule has 0 amide bonds. The van der Waals surface area contributed by atoms with Gasteiger partial charge in [0.05, 0.1) is 10.8 Å². The second kappa shape index (κ2) is 6.71. The standard InChI is InChI=1S/C14H14F3N3O2S/c1-8(23-13-19-18-11(7-21)20(13)2)12(22)9-5-3-4-6-10(9)14(15,16)17/h3-6,8,21H,7H2,1-2H3/t8-/m1/s1. The van der Waals surface area contributed by atoms with Crippen molar-refractivity contribution in [1.29, 1.82) is 0 Å². The smallest absolute Gasteiger partial charge is 0.388 e. The van der Waals surface area contributed by atoms with Crippen LogP contribution in [0.2, 0.25) is 0 Å². The van der Waals surface area contributed by atoms with E-state index in [0.29, 0.717) is 11.0 Å². The van der Waals surface area contributed by atoms with E-state index in [-0.39, 0.29) is 12.2 Å². The van der Waals surface area contributed by atoms with Crippen molar-refractivity contribution in [2.45, 2.75) is 30.1 Å². The molecule has 0 aliphatic heterocycles. The van der Waals surface area contributed by atoms with Crippen molar-refractivity contribution < 1.29 is 23.1 Å². The number of aliphatic hydroxyl groups excluding tert-OH is 1. The molecule has 0 radical (unpaired) electrons. The highest BCUT2D eigenvalue weighted by atomic mass is 32.2. The lowest BCUT2D eigenvalue weighted by molar-refractivity contribution is -0.137. The minimum Gasteiger partial charge on any atom is -0.388 e. The Morgan fingerprint density at radius 1 is 1.35 bits per heavy atom. The van der Waals surface area contributed by atoms with Gasteiger partial charge in [0.25, 0.3) is 0 Å². The molecular weight excluding hydrogens is 331 g/mol. The summed E-state index contributed by atoms with van der Waals surface area (Å²) in [5.41, 5.74) is -1.32. The summed E-state index contributed by atoms with van der Waals surface area (Å²) in [7, 11) is 1.61. The number of hydrogen-bond donors (Lipinski definition) is 1. The van der Waals surface area contributed by atoms with Crippen molar-refractivity contribution in [3.8, 4) is 0 Å². The number of carbonyl (C=O) groups excluding carboxylic acids is 1. The van der Waals surface area contributed by atoms with E-state index in [2.05, 4.69) is 10.2 Å². The van der Waals surface area contributed by atoms with Crippen molar-refractivity contribution >= 4 is 17.5 Å². The van der Waals surface area contributed by atoms with E-state index in [1.54, 1.807) is 7.05 Å². The molecule has 0 fully saturated rings. The summed E-state index contributed by atoms with van der Waals surface area (Å²) in [5.74, 6) is -0.334. The molecule has 1 aromatic heterocycles. The van der Waals surface area contributed by atoms with Gasteiger partial charge >= 0.3 is 6.18 Å². The normalized spacial score (nSPS) is 13.1. The van der Waals surface area contributed by atoms with Gasteiger partial charge in [-0.25, -0.2) is 0 Å². The van der Waals surface area contributed by atoms with Crippen LogP contribution in [-0.4, -0.2) is 30.9 Å². The summed E-state index contributed by atoms with van der Waals surface area (Å²) in [4.78, 5) is 12.4. The van der Waals surface area contributed by atoms with Crippen LogP contribution < -0.4 is 0 Å². The second-order valence-corrected chi connectivity index (χ2v) is 6.09. The summed E-state index contributed by atoms with van der Waals surface area (Å²) in [6, 6.07) is 4.69. The van der Waals surface area contributed by atoms with Crippen molar-refractivity contribution in [3.05, 3.63) is 41.2 Å². The summed E-state index contributed by atoms with van der Waals surface area (Å²) in [6.07, 6.45) is -4.59. The van der Waals surface area contributed by atoms with Crippen molar-refractivity contribution in [2.75, 3.05) is 0 Å². The predicted octanol–water partition coefficient (Wildman–Crippen LogP) is 2.69. The quantitative estimate of drug-likeness (QED) is 0.667. The molecule has 2 aromatic rings. The molecule has 0 aliphatic carbocycles. The molecule has 0 spiro atoms. The summed E-state index contributed by atoms with van der Waals surface area (Å²) >= 11 is 0.990. The van der Waals surface area contributed by atoms with E-state index < -0.39 is 22.8 Å². The maximum absolute atomic E-state index is 13.0. The average Bonchev–Trinajstić information content (AvgIpc) is 2.86. The lowest BCUT2D eigenvalue weighted by Crippen LogP contribution is -2.20. The fraction of sp³-hybridized carbons (Fsp3) is 0.357. The van der Waals surface area contributed by atoms with Crippen LogP contribution in [0.1, 0.15) is 28.7 Å². The number of alkyl halides is 3. The van der Waals surface area contributed by atoms with Crippen LogP contribution in [0.25, 0.3) is 0 Å². The molecule has 1 N–H and O–H groups in total. The average molecular weight is 345 g/mol. The van der Waals surface area contributed by atoms with Gasteiger partial charge in [0, 0.05) is 12.6 Å². The Hall–Kier alpha value is -1.87. The molecule has 1 heterocycles. The third kappa shape index (κ3) is 3.73. The molecule has 0 aliphatic rings. The first-order valence-electron chi connectivity index (χ1n) is 6.62. The maximum Gasteiger partial charge on any atom is 0.417 e. The van der Waals surface area contributed by atoms with E-state index in [9.17, 15) is 18.0 Å². The minimum atomic E-state index is -4.59. The summed E-state index contributed by atoms with van der Waals surface area (Å²) in [6.45, 7) is 1.19. The number of aromatic nitrogens is 3. The lowest BCUT2D eigenvalue weighted by atomic mass is 10.0. The summed E-state index contributed by atoms with van der Waals surface area (Å²) in [5, 5.41) is 16.2. The first kappa shape index (κ1) is 17.5. The van der Waals surface area contributed by atoms with E-state index >= 15 is 0 Å². The van der Waals surface area contributed by atoms with Gasteiger partial charge in [-0.15, -0.1) is 10.2 Å². The maximum atomic E-state index is 13.0. The number of halogens is 3. The molecule has 23 heavy (non-hydrogen) atoms. The number of benzene rings is 1. The van der Waals surface area contributed by atoms with E-state index in [0.717, 1.165) is 23.9 Å². The highest BCUT2D eigenvalue weighted by Crippen LogP contribution is 2.34. The van der Waals surface area contributed by atoms with Crippen molar-refractivity contribution in [3.63, 3.8) is 0 Å². The lowest BCUT2D eigenvalue weighted by Gasteiger charge is -2.15. The molecular formula is C14H14F3N3O2S. The highest BCUT2D eigenvalue weighted by Gasteiger charge is 2.36. The minimum absolute atomic E-state index is 0.308. The van der Waals surface area contributed by atoms with Gasteiger partial charge in [0.2, 0.25) is 0 Å². The van der Waals surface area contributed by atoms with Crippen LogP contribution >= 0.6 is 11.8 Å². The van der Waals surface area contributed by atoms with E-state index in [4.69, 9.17) is 5.11 Å². The van der Waals surface area contributed by atoms with Gasteiger partial charge in [0.15, 0.2) is 16.8 Å². The molecule has 1 aromatic carbocycles. The zero-order valence-corrected chi connectivity index (χ0v) is 13.1. The van der Waals surface area contributed by atoms with Gasteiger partial charge in [-0.05, 0) is 13.0 Å². The number of nitrogens with zero attached hydrogens (tertiary/aromatic N) is 3. The Balaban J connectivity index is 2.25. The van der Waals surface area contributed by atoms with Gasteiger partial charge in [-0.1, -0.05) is 30.0 Å². The van der Waals surface area contributed by atoms with Crippen LogP contribution in [0.15, 0.2) is 29.4 Å². The topological polar surface area (TPSA) is 68.0 Å². The van der Waals surface area contributed by atoms with Gasteiger partial charge in [0.1, 0.15) is 6.61 Å². The zero-order valence-electron chi connectivity index (χ0n) is 12.3. The van der Waals surface area contributed by atoms with Crippen molar-refractivity contribution in [1.82, 2.24) is 14.8 Å². The van der Waals surface area contributed by atoms with Crippen molar-refractivity contribution in [2.24, 2.45) is 7.05 Å². The predicted molar refractivity (Wildman–Crippen MR) is 78.0 cm³/mol. The third-order valence-corrected chi connectivity index (χ3v) is 4.35. The molecule has 2 rings (SSSR count). The molecule has 0 bridgehead atoms. The number of ketones is 1. The van der Waals surface area contributed by atoms with Crippen LogP contribution in [-0.2, 0) is 19.8 Å². The Bertz CT molecular complexity index is 716. The third-order valence-electron chi connectivity index (χ3n) is 3.22. The Morgan fingerprint density at radius 3 is 2.57 bits per heavy atom. The molecule has 5 nitrogen and oxygen atoms in total. The number of rotatable bonds is 5. The van der Waals surface area contributed by atoms with Crippen LogP contribution in [0.4, 0.5) is 13.2 Å².